The summed E-state index contributed by atoms with van der Waals surface area (Å²) in [5.74, 6) is -50.2. The zero-order valence-corrected chi connectivity index (χ0v) is 32.9. The number of alkyl halides is 21. The van der Waals surface area contributed by atoms with Gasteiger partial charge in [-0.05, 0) is 34.5 Å². The molecule has 0 saturated heterocycles. The third-order valence-electron chi connectivity index (χ3n) is 6.18. The second-order valence-electron chi connectivity index (χ2n) is 14.3. The Bertz CT molecular complexity index is 1350. The van der Waals surface area contributed by atoms with E-state index in [1.807, 2.05) is 0 Å². The number of hydrogen-bond donors (Lipinski definition) is 0. The van der Waals surface area contributed by atoms with Crippen molar-refractivity contribution in [2.45, 2.75) is 116 Å². The molecule has 0 atom stereocenters. The number of halogens is 21. The van der Waals surface area contributed by atoms with Crippen LogP contribution in [0.5, 0.6) is 0 Å². The van der Waals surface area contributed by atoms with E-state index in [0.717, 1.165) is 0 Å². The molecule has 0 bridgehead atoms. The van der Waals surface area contributed by atoms with E-state index < -0.39 is 123 Å². The van der Waals surface area contributed by atoms with Gasteiger partial charge in [-0.1, -0.05) is 62.3 Å². The quantitative estimate of drug-likeness (QED) is 0.131. The standard InChI is InChI=1S/3C10H11F7O2.Eu/c3*1-7(2,3)5(18)4-6(19)8(11,12)9(13,14)10(15,16)17;/h3*4,18H,1-3H3;/q;;;+3/p-3/b3*5-4-;. The molecular weight excluding hydrogens is 1010 g/mol. The molecule has 0 fully saturated rings. The fourth-order valence-electron chi connectivity index (χ4n) is 2.28. The van der Waals surface area contributed by atoms with Gasteiger partial charge in [0.25, 0.3) is 0 Å². The van der Waals surface area contributed by atoms with Crippen LogP contribution in [0.3, 0.4) is 0 Å². The van der Waals surface area contributed by atoms with Crippen LogP contribution in [0.25, 0.3) is 0 Å². The molecule has 0 aromatic heterocycles. The first-order valence-corrected chi connectivity index (χ1v) is 14.4. The van der Waals surface area contributed by atoms with Crippen LogP contribution < -0.4 is 15.3 Å². The van der Waals surface area contributed by atoms with Gasteiger partial charge in [-0.3, -0.25) is 14.4 Å². The van der Waals surface area contributed by atoms with Crippen LogP contribution in [0, 0.1) is 65.6 Å². The van der Waals surface area contributed by atoms with Gasteiger partial charge >= 0.3 is 103 Å². The van der Waals surface area contributed by atoms with Crippen LogP contribution in [0.4, 0.5) is 92.2 Å². The van der Waals surface area contributed by atoms with E-state index in [-0.39, 0.29) is 49.4 Å². The second kappa shape index (κ2) is 19.2. The van der Waals surface area contributed by atoms with Crippen molar-refractivity contribution in [3.05, 3.63) is 35.5 Å². The zero-order valence-electron chi connectivity index (χ0n) is 30.5. The van der Waals surface area contributed by atoms with Gasteiger partial charge in [0.15, 0.2) is 0 Å². The average molecular weight is 1040 g/mol. The van der Waals surface area contributed by atoms with E-state index in [0.29, 0.717) is 0 Å². The first kappa shape index (κ1) is 62.4. The van der Waals surface area contributed by atoms with Gasteiger partial charge in [0.05, 0.1) is 0 Å². The van der Waals surface area contributed by atoms with Gasteiger partial charge in [0.1, 0.15) is 0 Å². The molecule has 28 heteroatoms. The molecule has 0 aromatic carbocycles. The Labute approximate surface area is 355 Å². The van der Waals surface area contributed by atoms with Crippen molar-refractivity contribution in [2.24, 2.45) is 16.2 Å². The van der Waals surface area contributed by atoms with E-state index in [1.165, 1.54) is 62.3 Å². The van der Waals surface area contributed by atoms with E-state index in [9.17, 15) is 122 Å². The first-order valence-electron chi connectivity index (χ1n) is 14.4. The maximum absolute atomic E-state index is 12.8. The Hall–Kier alpha value is -2.26. The SMILES string of the molecule is CC(C)(C)/C([O-])=C/C(=O)C(F)(F)C(F)(F)C(F)(F)F.CC(C)(C)/C([O-])=C/C(=O)C(F)(F)C(F)(F)C(F)(F)F.CC(C)(C)/C([O-])=C/C(=O)C(F)(F)C(F)(F)C(F)(F)F.[Eu+3]. The minimum absolute atomic E-state index is 0. The molecule has 340 valence electrons. The molecular formula is C30H30EuF21O6. The molecule has 0 heterocycles. The van der Waals surface area contributed by atoms with Crippen molar-refractivity contribution in [3.8, 4) is 0 Å². The monoisotopic (exact) mass is 1040 g/mol. The zero-order chi connectivity index (χ0) is 47.6. The number of rotatable bonds is 9. The van der Waals surface area contributed by atoms with Crippen molar-refractivity contribution in [3.63, 3.8) is 0 Å². The molecule has 0 aliphatic heterocycles. The molecule has 0 aliphatic rings. The van der Waals surface area contributed by atoms with Crippen molar-refractivity contribution in [2.75, 3.05) is 0 Å². The summed E-state index contributed by atoms with van der Waals surface area (Å²) < 4.78 is 258. The van der Waals surface area contributed by atoms with Crippen LogP contribution in [-0.2, 0) is 14.4 Å². The number of carbonyl (C=O) groups excluding carboxylic acids is 3. The van der Waals surface area contributed by atoms with Crippen LogP contribution in [0.2, 0.25) is 0 Å². The summed E-state index contributed by atoms with van der Waals surface area (Å²) in [4.78, 5) is 32.4. The molecule has 0 saturated carbocycles. The molecule has 58 heavy (non-hydrogen) atoms. The molecule has 0 rings (SSSR count). The third-order valence-corrected chi connectivity index (χ3v) is 6.18. The van der Waals surface area contributed by atoms with Gasteiger partial charge in [-0.15, -0.1) is 17.3 Å². The normalized spacial score (nSPS) is 15.3. The van der Waals surface area contributed by atoms with Crippen LogP contribution in [0.15, 0.2) is 35.5 Å². The Morgan fingerprint density at radius 3 is 0.534 bits per heavy atom. The van der Waals surface area contributed by atoms with Crippen molar-refractivity contribution < 1.29 is 171 Å². The van der Waals surface area contributed by atoms with Gasteiger partial charge in [0.2, 0.25) is 17.3 Å². The summed E-state index contributed by atoms with van der Waals surface area (Å²) in [6.07, 6.45) is -21.1. The van der Waals surface area contributed by atoms with E-state index in [4.69, 9.17) is 0 Å². The summed E-state index contributed by atoms with van der Waals surface area (Å²) in [7, 11) is 0. The smallest absolute Gasteiger partial charge is 0.875 e. The number of ketones is 3. The number of carbonyl (C=O) groups is 3. The second-order valence-corrected chi connectivity index (χ2v) is 14.3. The van der Waals surface area contributed by atoms with Crippen molar-refractivity contribution in [1.29, 1.82) is 0 Å². The average Bonchev–Trinajstić information content (AvgIpc) is 2.93. The Morgan fingerprint density at radius 2 is 0.448 bits per heavy atom. The molecule has 0 aromatic rings. The van der Waals surface area contributed by atoms with Crippen LogP contribution in [0.1, 0.15) is 62.3 Å². The molecule has 0 spiro atoms. The molecule has 0 unspecified atom stereocenters. The maximum Gasteiger partial charge on any atom is 3.00 e. The Kier molecular flexibility index (Phi) is 20.7. The van der Waals surface area contributed by atoms with E-state index in [2.05, 4.69) is 0 Å². The molecule has 0 N–H and O–H groups in total. The fraction of sp³-hybridized carbons (Fsp3) is 0.700. The predicted octanol–water partition coefficient (Wildman–Crippen LogP) is 8.04. The molecule has 0 amide bonds. The topological polar surface area (TPSA) is 120 Å². The fourth-order valence-corrected chi connectivity index (χ4v) is 2.28. The van der Waals surface area contributed by atoms with Gasteiger partial charge in [0, 0.05) is 0 Å². The largest absolute Gasteiger partial charge is 3.00 e. The van der Waals surface area contributed by atoms with E-state index in [1.54, 1.807) is 0 Å². The number of allylic oxidation sites excluding steroid dienone is 6. The molecule has 0 aliphatic carbocycles. The van der Waals surface area contributed by atoms with Gasteiger partial charge in [-0.2, -0.15) is 92.2 Å². The third kappa shape index (κ3) is 15.0. The predicted molar refractivity (Wildman–Crippen MR) is 145 cm³/mol. The van der Waals surface area contributed by atoms with E-state index >= 15 is 0 Å². The van der Waals surface area contributed by atoms with Crippen molar-refractivity contribution in [1.82, 2.24) is 0 Å². The summed E-state index contributed by atoms with van der Waals surface area (Å²) >= 11 is 0. The molecule has 6 nitrogen and oxygen atoms in total. The van der Waals surface area contributed by atoms with Crippen molar-refractivity contribution >= 4 is 17.3 Å². The summed E-state index contributed by atoms with van der Waals surface area (Å²) in [5, 5.41) is 33.5. The van der Waals surface area contributed by atoms with Crippen LogP contribution in [-0.4, -0.2) is 71.4 Å². The summed E-state index contributed by atoms with van der Waals surface area (Å²) in [5.41, 5.74) is -4.09. The van der Waals surface area contributed by atoms with Gasteiger partial charge in [-0.25, -0.2) is 0 Å². The number of hydrogen-bond acceptors (Lipinski definition) is 6. The maximum atomic E-state index is 12.8. The minimum Gasteiger partial charge on any atom is -0.875 e. The first-order chi connectivity index (χ1) is 24.1. The van der Waals surface area contributed by atoms with Gasteiger partial charge < -0.3 is 15.3 Å². The molecule has 0 radical (unpaired) electrons. The Morgan fingerprint density at radius 1 is 0.328 bits per heavy atom. The van der Waals surface area contributed by atoms with Crippen LogP contribution >= 0.6 is 0 Å². The summed E-state index contributed by atoms with van der Waals surface area (Å²) in [6.45, 7) is 10.6. The summed E-state index contributed by atoms with van der Waals surface area (Å²) in [6, 6.07) is 0. The Balaban J connectivity index is -0.000000374. The minimum atomic E-state index is -6.61.